The van der Waals surface area contributed by atoms with Crippen LogP contribution in [0.4, 0.5) is 14.9 Å². The van der Waals surface area contributed by atoms with Gasteiger partial charge >= 0.3 is 6.03 Å². The van der Waals surface area contributed by atoms with E-state index in [1.165, 1.54) is 24.4 Å². The Kier molecular flexibility index (Phi) is 3.93. The monoisotopic (exact) mass is 292 g/mol. The number of furan rings is 1. The Bertz CT molecular complexity index is 726. The molecule has 0 aliphatic carbocycles. The Morgan fingerprint density at radius 1 is 1.43 bits per heavy atom. The quantitative estimate of drug-likeness (QED) is 0.508. The molecule has 0 spiro atoms. The Labute approximate surface area is 117 Å². The van der Waals surface area contributed by atoms with E-state index in [4.69, 9.17) is 10.2 Å². The number of amides is 2. The first-order chi connectivity index (χ1) is 9.97. The van der Waals surface area contributed by atoms with Crippen molar-refractivity contribution in [1.82, 2.24) is 5.43 Å². The van der Waals surface area contributed by atoms with E-state index in [0.717, 1.165) is 12.1 Å². The zero-order chi connectivity index (χ0) is 15.4. The van der Waals surface area contributed by atoms with Crippen LogP contribution < -0.4 is 11.2 Å². The lowest BCUT2D eigenvalue weighted by Crippen LogP contribution is -2.24. The van der Waals surface area contributed by atoms with Crippen LogP contribution in [0.25, 0.3) is 11.3 Å². The van der Waals surface area contributed by atoms with Crippen molar-refractivity contribution >= 4 is 17.9 Å². The van der Waals surface area contributed by atoms with E-state index < -0.39 is 22.5 Å². The Balaban J connectivity index is 2.31. The van der Waals surface area contributed by atoms with Gasteiger partial charge in [-0.25, -0.2) is 14.6 Å². The van der Waals surface area contributed by atoms with Gasteiger partial charge in [0.15, 0.2) is 0 Å². The maximum atomic E-state index is 13.1. The number of nitrogens with zero attached hydrogens (tertiary/aromatic N) is 2. The first-order valence-electron chi connectivity index (χ1n) is 5.60. The molecule has 3 N–H and O–H groups in total. The van der Waals surface area contributed by atoms with Crippen LogP contribution in [0.1, 0.15) is 5.76 Å². The fourth-order valence-corrected chi connectivity index (χ4v) is 1.59. The van der Waals surface area contributed by atoms with E-state index in [9.17, 15) is 19.3 Å². The van der Waals surface area contributed by atoms with Gasteiger partial charge in [-0.05, 0) is 24.3 Å². The highest BCUT2D eigenvalue weighted by Gasteiger charge is 2.18. The minimum absolute atomic E-state index is 0.129. The Morgan fingerprint density at radius 2 is 2.19 bits per heavy atom. The molecule has 21 heavy (non-hydrogen) atoms. The second-order valence-corrected chi connectivity index (χ2v) is 3.85. The number of hydrogen-bond acceptors (Lipinski definition) is 5. The van der Waals surface area contributed by atoms with Gasteiger partial charge in [0.1, 0.15) is 17.3 Å². The van der Waals surface area contributed by atoms with Crippen molar-refractivity contribution in [2.45, 2.75) is 0 Å². The first kappa shape index (κ1) is 14.2. The smallest absolute Gasteiger partial charge is 0.332 e. The van der Waals surface area contributed by atoms with Gasteiger partial charge < -0.3 is 10.2 Å². The summed E-state index contributed by atoms with van der Waals surface area (Å²) in [6, 6.07) is 5.25. The van der Waals surface area contributed by atoms with Crippen LogP contribution in [0.3, 0.4) is 0 Å². The van der Waals surface area contributed by atoms with E-state index in [2.05, 4.69) is 5.10 Å². The van der Waals surface area contributed by atoms with Gasteiger partial charge in [-0.2, -0.15) is 5.10 Å². The van der Waals surface area contributed by atoms with Gasteiger partial charge in [0.05, 0.1) is 22.8 Å². The number of nitro groups is 1. The predicted octanol–water partition coefficient (Wildman–Crippen LogP) is 2.00. The van der Waals surface area contributed by atoms with Gasteiger partial charge in [-0.1, -0.05) is 0 Å². The summed E-state index contributed by atoms with van der Waals surface area (Å²) in [5, 5.41) is 14.4. The molecule has 2 rings (SSSR count). The lowest BCUT2D eigenvalue weighted by atomic mass is 10.1. The summed E-state index contributed by atoms with van der Waals surface area (Å²) in [4.78, 5) is 20.6. The van der Waals surface area contributed by atoms with Crippen molar-refractivity contribution in [3.05, 3.63) is 52.0 Å². The second kappa shape index (κ2) is 5.82. The van der Waals surface area contributed by atoms with Crippen molar-refractivity contribution in [3.8, 4) is 11.3 Å². The summed E-state index contributed by atoms with van der Waals surface area (Å²) in [7, 11) is 0. The lowest BCUT2D eigenvalue weighted by molar-refractivity contribution is -0.384. The fourth-order valence-electron chi connectivity index (χ4n) is 1.59. The van der Waals surface area contributed by atoms with Crippen LogP contribution >= 0.6 is 0 Å². The van der Waals surface area contributed by atoms with E-state index in [1.807, 2.05) is 5.43 Å². The molecule has 1 aromatic carbocycles. The molecular weight excluding hydrogens is 283 g/mol. The molecule has 1 aromatic heterocycles. The summed E-state index contributed by atoms with van der Waals surface area (Å²) in [6.45, 7) is 0. The van der Waals surface area contributed by atoms with Crippen LogP contribution in [0.2, 0.25) is 0 Å². The number of hydrogen-bond donors (Lipinski definition) is 2. The van der Waals surface area contributed by atoms with Crippen LogP contribution in [0.15, 0.2) is 39.9 Å². The molecule has 0 saturated carbocycles. The number of carbonyl (C=O) groups is 1. The van der Waals surface area contributed by atoms with E-state index in [0.29, 0.717) is 0 Å². The molecule has 0 bridgehead atoms. The molecule has 0 aliphatic heterocycles. The molecule has 0 fully saturated rings. The van der Waals surface area contributed by atoms with Gasteiger partial charge in [0.2, 0.25) is 0 Å². The first-order valence-corrected chi connectivity index (χ1v) is 5.60. The van der Waals surface area contributed by atoms with Gasteiger partial charge in [0.25, 0.3) is 5.69 Å². The zero-order valence-corrected chi connectivity index (χ0v) is 10.4. The van der Waals surface area contributed by atoms with Crippen LogP contribution in [-0.2, 0) is 0 Å². The lowest BCUT2D eigenvalue weighted by Gasteiger charge is -1.99. The molecule has 2 aromatic rings. The average Bonchev–Trinajstić information content (AvgIpc) is 2.86. The molecule has 0 atom stereocenters. The topological polar surface area (TPSA) is 124 Å². The summed E-state index contributed by atoms with van der Waals surface area (Å²) in [6.07, 6.45) is 1.17. The molecule has 2 amide bonds. The Morgan fingerprint density at radius 3 is 2.86 bits per heavy atom. The largest absolute Gasteiger partial charge is 0.455 e. The van der Waals surface area contributed by atoms with Crippen LogP contribution in [0, 0.1) is 15.9 Å². The van der Waals surface area contributed by atoms with Crippen molar-refractivity contribution in [3.63, 3.8) is 0 Å². The molecule has 8 nitrogen and oxygen atoms in total. The zero-order valence-electron chi connectivity index (χ0n) is 10.4. The predicted molar refractivity (Wildman–Crippen MR) is 71.1 cm³/mol. The molecule has 0 saturated heterocycles. The van der Waals surface area contributed by atoms with Crippen molar-refractivity contribution in [1.29, 1.82) is 0 Å². The van der Waals surface area contributed by atoms with Crippen molar-refractivity contribution < 1.29 is 18.5 Å². The number of hydrazone groups is 1. The number of primary amides is 1. The average molecular weight is 292 g/mol. The number of benzene rings is 1. The summed E-state index contributed by atoms with van der Waals surface area (Å²) in [5.41, 5.74) is 6.50. The number of nitro benzene ring substituents is 1. The molecule has 1 heterocycles. The molecule has 0 radical (unpaired) electrons. The Hall–Kier alpha value is -3.23. The molecular formula is C12H9FN4O4. The molecule has 0 aliphatic rings. The highest BCUT2D eigenvalue weighted by atomic mass is 19.1. The van der Waals surface area contributed by atoms with Crippen LogP contribution in [0.5, 0.6) is 0 Å². The van der Waals surface area contributed by atoms with Gasteiger partial charge in [-0.15, -0.1) is 0 Å². The highest BCUT2D eigenvalue weighted by Crippen LogP contribution is 2.31. The maximum absolute atomic E-state index is 13.1. The van der Waals surface area contributed by atoms with Gasteiger partial charge in [0, 0.05) is 0 Å². The number of carbonyl (C=O) groups excluding carboxylic acids is 1. The number of nitrogens with one attached hydrogen (secondary N) is 1. The standard InChI is InChI=1S/C12H9FN4O4/c13-7-1-3-9(10(5-7)17(19)20)11-4-2-8(21-11)6-15-16-12(14)18/h1-6H,(H3,14,16,18)/b15-6-. The van der Waals surface area contributed by atoms with Crippen molar-refractivity contribution in [2.75, 3.05) is 0 Å². The van der Waals surface area contributed by atoms with Crippen molar-refractivity contribution in [2.24, 2.45) is 10.8 Å². The maximum Gasteiger partial charge on any atom is 0.332 e. The van der Waals surface area contributed by atoms with Crippen LogP contribution in [-0.4, -0.2) is 17.2 Å². The highest BCUT2D eigenvalue weighted by molar-refractivity contribution is 5.80. The third kappa shape index (κ3) is 3.41. The summed E-state index contributed by atoms with van der Waals surface area (Å²) < 4.78 is 18.4. The third-order valence-electron chi connectivity index (χ3n) is 2.42. The number of urea groups is 1. The fraction of sp³-hybridized carbons (Fsp3) is 0. The minimum atomic E-state index is -0.841. The second-order valence-electron chi connectivity index (χ2n) is 3.85. The number of halogens is 1. The normalized spacial score (nSPS) is 10.7. The third-order valence-corrected chi connectivity index (χ3v) is 2.42. The molecule has 9 heteroatoms. The van der Waals surface area contributed by atoms with E-state index >= 15 is 0 Å². The minimum Gasteiger partial charge on any atom is -0.455 e. The van der Waals surface area contributed by atoms with Gasteiger partial charge in [-0.3, -0.25) is 10.1 Å². The van der Waals surface area contributed by atoms with E-state index in [-0.39, 0.29) is 17.1 Å². The molecule has 108 valence electrons. The number of nitrogens with two attached hydrogens (primary N) is 1. The summed E-state index contributed by atoms with van der Waals surface area (Å²) in [5.74, 6) is -0.316. The summed E-state index contributed by atoms with van der Waals surface area (Å²) >= 11 is 0. The molecule has 0 unspecified atom stereocenters. The SMILES string of the molecule is NC(=O)N/N=C\c1ccc(-c2ccc(F)cc2[N+](=O)[O-])o1. The van der Waals surface area contributed by atoms with E-state index in [1.54, 1.807) is 0 Å². The number of rotatable bonds is 4.